The number of allylic oxidation sites excluding steroid dienone is 3. The lowest BCUT2D eigenvalue weighted by atomic mass is 10.1. The Morgan fingerprint density at radius 3 is 2.33 bits per heavy atom. The SMILES string of the molecule is CC(C)=CCCC(C)=CCOc1c(F)c(O)c([N+](=O)[O-])c(F)c1F. The van der Waals surface area contributed by atoms with Gasteiger partial charge in [0.25, 0.3) is 0 Å². The van der Waals surface area contributed by atoms with Gasteiger partial charge in [0.1, 0.15) is 6.61 Å². The fraction of sp³-hybridized carbons (Fsp3) is 0.375. The van der Waals surface area contributed by atoms with Crippen molar-refractivity contribution in [2.75, 3.05) is 6.61 Å². The predicted octanol–water partition coefficient (Wildman–Crippen LogP) is 4.79. The molecular weight excluding hydrogens is 327 g/mol. The Hall–Kier alpha value is -2.51. The molecule has 0 fully saturated rings. The van der Waals surface area contributed by atoms with Gasteiger partial charge >= 0.3 is 5.69 Å². The fourth-order valence-corrected chi connectivity index (χ4v) is 1.87. The Bertz CT molecular complexity index is 666. The van der Waals surface area contributed by atoms with Gasteiger partial charge in [-0.25, -0.2) is 0 Å². The lowest BCUT2D eigenvalue weighted by Crippen LogP contribution is -2.05. The Morgan fingerprint density at radius 2 is 1.79 bits per heavy atom. The summed E-state index contributed by atoms with van der Waals surface area (Å²) in [5.74, 6) is -8.33. The second-order valence-electron chi connectivity index (χ2n) is 5.41. The van der Waals surface area contributed by atoms with Gasteiger partial charge in [-0.1, -0.05) is 17.2 Å². The van der Waals surface area contributed by atoms with Gasteiger partial charge in [-0.15, -0.1) is 0 Å². The molecule has 1 rings (SSSR count). The van der Waals surface area contributed by atoms with Gasteiger partial charge in [0, 0.05) is 0 Å². The molecule has 0 aromatic heterocycles. The number of rotatable bonds is 7. The van der Waals surface area contributed by atoms with E-state index in [0.29, 0.717) is 6.42 Å². The van der Waals surface area contributed by atoms with Crippen molar-refractivity contribution in [1.82, 2.24) is 0 Å². The van der Waals surface area contributed by atoms with Crippen molar-refractivity contribution < 1.29 is 27.9 Å². The first-order valence-corrected chi connectivity index (χ1v) is 7.12. The van der Waals surface area contributed by atoms with E-state index in [1.54, 1.807) is 13.0 Å². The number of aromatic hydroxyl groups is 1. The maximum Gasteiger partial charge on any atom is 0.352 e. The number of benzene rings is 1. The third kappa shape index (κ3) is 4.74. The molecule has 5 nitrogen and oxygen atoms in total. The summed E-state index contributed by atoms with van der Waals surface area (Å²) in [5, 5.41) is 19.8. The predicted molar refractivity (Wildman–Crippen MR) is 82.6 cm³/mol. The number of nitrogens with zero attached hydrogens (tertiary/aromatic N) is 1. The van der Waals surface area contributed by atoms with Gasteiger partial charge in [0.2, 0.25) is 23.2 Å². The summed E-state index contributed by atoms with van der Waals surface area (Å²) < 4.78 is 45.8. The van der Waals surface area contributed by atoms with Crippen molar-refractivity contribution in [3.05, 3.63) is 50.9 Å². The van der Waals surface area contributed by atoms with Crippen molar-refractivity contribution in [2.24, 2.45) is 0 Å². The van der Waals surface area contributed by atoms with Crippen LogP contribution in [0, 0.1) is 27.6 Å². The average Bonchev–Trinajstić information content (AvgIpc) is 2.48. The third-order valence-corrected chi connectivity index (χ3v) is 3.16. The van der Waals surface area contributed by atoms with E-state index in [4.69, 9.17) is 4.74 Å². The second-order valence-corrected chi connectivity index (χ2v) is 5.41. The lowest BCUT2D eigenvalue weighted by molar-refractivity contribution is -0.389. The number of phenolic OH excluding ortho intramolecular Hbond substituents is 1. The molecule has 24 heavy (non-hydrogen) atoms. The van der Waals surface area contributed by atoms with E-state index < -0.39 is 39.6 Å². The van der Waals surface area contributed by atoms with Crippen LogP contribution < -0.4 is 4.74 Å². The normalized spacial score (nSPS) is 11.3. The molecule has 0 heterocycles. The highest BCUT2D eigenvalue weighted by Gasteiger charge is 2.33. The summed E-state index contributed by atoms with van der Waals surface area (Å²) in [5.41, 5.74) is 0.394. The molecule has 0 aliphatic heterocycles. The number of hydrogen-bond acceptors (Lipinski definition) is 4. The standard InChI is InChI=1S/C16H18F3NO4/c1-9(2)5-4-6-10(3)7-8-24-16-12(18)11(17)14(20(22)23)15(21)13(16)19/h5,7,21H,4,6,8H2,1-3H3. The van der Waals surface area contributed by atoms with Gasteiger partial charge in [0.05, 0.1) is 4.92 Å². The Labute approximate surface area is 137 Å². The van der Waals surface area contributed by atoms with E-state index in [1.165, 1.54) is 5.57 Å². The zero-order chi connectivity index (χ0) is 18.4. The molecule has 1 N–H and O–H groups in total. The van der Waals surface area contributed by atoms with Crippen LogP contribution in [0.25, 0.3) is 0 Å². The second kappa shape index (κ2) is 8.37. The number of nitro groups is 1. The number of hydrogen-bond donors (Lipinski definition) is 1. The Morgan fingerprint density at radius 1 is 1.17 bits per heavy atom. The van der Waals surface area contributed by atoms with Gasteiger partial charge in [0.15, 0.2) is 5.75 Å². The van der Waals surface area contributed by atoms with E-state index in [9.17, 15) is 28.4 Å². The lowest BCUT2D eigenvalue weighted by Gasteiger charge is -2.09. The highest BCUT2D eigenvalue weighted by atomic mass is 19.2. The molecule has 132 valence electrons. The third-order valence-electron chi connectivity index (χ3n) is 3.16. The van der Waals surface area contributed by atoms with Crippen LogP contribution in [-0.2, 0) is 0 Å². The van der Waals surface area contributed by atoms with E-state index in [2.05, 4.69) is 0 Å². The zero-order valence-corrected chi connectivity index (χ0v) is 13.5. The van der Waals surface area contributed by atoms with Crippen LogP contribution in [0.2, 0.25) is 0 Å². The van der Waals surface area contributed by atoms with Crippen molar-refractivity contribution in [3.8, 4) is 11.5 Å². The number of halogens is 3. The Balaban J connectivity index is 2.90. The molecule has 8 heteroatoms. The molecule has 0 unspecified atom stereocenters. The van der Waals surface area contributed by atoms with Crippen LogP contribution >= 0.6 is 0 Å². The van der Waals surface area contributed by atoms with Crippen molar-refractivity contribution in [2.45, 2.75) is 33.6 Å². The largest absolute Gasteiger partial charge is 0.500 e. The number of nitro benzene ring substituents is 1. The molecule has 1 aromatic carbocycles. The Kier molecular flexibility index (Phi) is 6.82. The van der Waals surface area contributed by atoms with Crippen LogP contribution in [0.1, 0.15) is 33.6 Å². The highest BCUT2D eigenvalue weighted by molar-refractivity contribution is 5.53. The van der Waals surface area contributed by atoms with Crippen molar-refractivity contribution >= 4 is 5.69 Å². The minimum atomic E-state index is -1.97. The first-order chi connectivity index (χ1) is 11.2. The van der Waals surface area contributed by atoms with Crippen LogP contribution in [-0.4, -0.2) is 16.6 Å². The molecule has 0 radical (unpaired) electrons. The summed E-state index contributed by atoms with van der Waals surface area (Å²) in [6.45, 7) is 5.45. The molecule has 0 spiro atoms. The van der Waals surface area contributed by atoms with E-state index in [-0.39, 0.29) is 6.61 Å². The first kappa shape index (κ1) is 19.5. The zero-order valence-electron chi connectivity index (χ0n) is 13.5. The van der Waals surface area contributed by atoms with E-state index in [1.807, 2.05) is 19.9 Å². The summed E-state index contributed by atoms with van der Waals surface area (Å²) >= 11 is 0. The molecule has 0 atom stereocenters. The number of phenols is 1. The molecule has 0 aliphatic rings. The summed E-state index contributed by atoms with van der Waals surface area (Å²) in [4.78, 5) is 9.12. The quantitative estimate of drug-likeness (QED) is 0.334. The highest BCUT2D eigenvalue weighted by Crippen LogP contribution is 2.39. The van der Waals surface area contributed by atoms with Crippen LogP contribution in [0.15, 0.2) is 23.3 Å². The van der Waals surface area contributed by atoms with Crippen LogP contribution in [0.4, 0.5) is 18.9 Å². The van der Waals surface area contributed by atoms with Gasteiger partial charge in [-0.3, -0.25) is 10.1 Å². The molecule has 0 saturated heterocycles. The van der Waals surface area contributed by atoms with Crippen LogP contribution in [0.5, 0.6) is 11.5 Å². The van der Waals surface area contributed by atoms with Gasteiger partial charge < -0.3 is 9.84 Å². The topological polar surface area (TPSA) is 72.6 Å². The molecule has 0 bridgehead atoms. The molecule has 0 saturated carbocycles. The smallest absolute Gasteiger partial charge is 0.352 e. The minimum absolute atomic E-state index is 0.273. The van der Waals surface area contributed by atoms with E-state index in [0.717, 1.165) is 12.0 Å². The average molecular weight is 345 g/mol. The molecule has 0 aliphatic carbocycles. The monoisotopic (exact) mass is 345 g/mol. The maximum atomic E-state index is 13.8. The van der Waals surface area contributed by atoms with Gasteiger partial charge in [-0.05, 0) is 39.7 Å². The summed E-state index contributed by atoms with van der Waals surface area (Å²) in [6, 6.07) is 0. The van der Waals surface area contributed by atoms with Crippen LogP contribution in [0.3, 0.4) is 0 Å². The van der Waals surface area contributed by atoms with Crippen molar-refractivity contribution in [1.29, 1.82) is 0 Å². The number of ether oxygens (including phenoxy) is 1. The van der Waals surface area contributed by atoms with Gasteiger partial charge in [-0.2, -0.15) is 13.2 Å². The first-order valence-electron chi connectivity index (χ1n) is 7.12. The molecule has 1 aromatic rings. The molecule has 0 amide bonds. The maximum absolute atomic E-state index is 13.8. The van der Waals surface area contributed by atoms with E-state index >= 15 is 0 Å². The molecular formula is C16H18F3NO4. The van der Waals surface area contributed by atoms with Crippen molar-refractivity contribution in [3.63, 3.8) is 0 Å². The fourth-order valence-electron chi connectivity index (χ4n) is 1.87. The summed E-state index contributed by atoms with van der Waals surface area (Å²) in [7, 11) is 0. The summed E-state index contributed by atoms with van der Waals surface area (Å²) in [6.07, 6.45) is 5.08. The minimum Gasteiger partial charge on any atom is -0.500 e.